The van der Waals surface area contributed by atoms with Crippen molar-refractivity contribution in [2.24, 2.45) is 0 Å². The largest absolute Gasteiger partial charge is 0.493 e. The van der Waals surface area contributed by atoms with Crippen molar-refractivity contribution in [1.29, 1.82) is 0 Å². The quantitative estimate of drug-likeness (QED) is 0.895. The number of imidazole rings is 1. The molecule has 23 heavy (non-hydrogen) atoms. The summed E-state index contributed by atoms with van der Waals surface area (Å²) in [6.45, 7) is 1.31. The number of nitrogens with one attached hydrogen (secondary N) is 1. The number of hydrogen-bond acceptors (Lipinski definition) is 5. The molecule has 2 N–H and O–H groups in total. The summed E-state index contributed by atoms with van der Waals surface area (Å²) in [5.41, 5.74) is 0.318. The molecular formula is C16H20FN3O3. The van der Waals surface area contributed by atoms with Crippen molar-refractivity contribution < 1.29 is 19.0 Å². The van der Waals surface area contributed by atoms with Crippen LogP contribution in [0, 0.1) is 5.82 Å². The summed E-state index contributed by atoms with van der Waals surface area (Å²) in [5.74, 6) is 0.783. The maximum Gasteiger partial charge on any atom is 0.163 e. The van der Waals surface area contributed by atoms with Crippen LogP contribution in [-0.2, 0) is 0 Å². The molecule has 3 rings (SSSR count). The second-order valence-corrected chi connectivity index (χ2v) is 5.47. The fraction of sp³-hybridized carbons (Fsp3) is 0.438. The number of ether oxygens (including phenoxy) is 2. The second kappa shape index (κ2) is 6.55. The summed E-state index contributed by atoms with van der Waals surface area (Å²) in [6, 6.07) is 2.72. The number of rotatable bonds is 4. The van der Waals surface area contributed by atoms with E-state index in [-0.39, 0.29) is 6.04 Å². The predicted octanol–water partition coefficient (Wildman–Crippen LogP) is 1.60. The molecule has 0 aliphatic carbocycles. The standard InChI is InChI=1S/C16H20FN3O3/c1-22-14-7-10(11(17)8-15(14)23-2)16-19-5-6-20(16)12-3-4-18-9-13(12)21/h5-8,12-13,18,21H,3-4,9H2,1-2H3/t12-,13-/m0/s1. The van der Waals surface area contributed by atoms with Crippen molar-refractivity contribution in [3.8, 4) is 22.9 Å². The van der Waals surface area contributed by atoms with Gasteiger partial charge in [-0.2, -0.15) is 0 Å². The minimum absolute atomic E-state index is 0.138. The Morgan fingerprint density at radius 2 is 2.04 bits per heavy atom. The first-order valence-corrected chi connectivity index (χ1v) is 7.49. The van der Waals surface area contributed by atoms with Crippen LogP contribution in [0.5, 0.6) is 11.5 Å². The van der Waals surface area contributed by atoms with Crippen LogP contribution in [0.25, 0.3) is 11.4 Å². The molecule has 1 aromatic heterocycles. The molecule has 0 radical (unpaired) electrons. The number of hydrogen-bond donors (Lipinski definition) is 2. The third-order valence-corrected chi connectivity index (χ3v) is 4.15. The predicted molar refractivity (Wildman–Crippen MR) is 83.3 cm³/mol. The summed E-state index contributed by atoms with van der Waals surface area (Å²) >= 11 is 0. The van der Waals surface area contributed by atoms with Crippen LogP contribution in [0.4, 0.5) is 4.39 Å². The average Bonchev–Trinajstić information content (AvgIpc) is 3.04. The molecule has 1 aromatic carbocycles. The average molecular weight is 321 g/mol. The van der Waals surface area contributed by atoms with Gasteiger partial charge in [-0.05, 0) is 19.0 Å². The SMILES string of the molecule is COc1cc(F)c(-c2nccn2[C@H]2CCNC[C@@H]2O)cc1OC. The van der Waals surface area contributed by atoms with Crippen LogP contribution in [0.3, 0.4) is 0 Å². The molecule has 1 saturated heterocycles. The van der Waals surface area contributed by atoms with E-state index in [1.807, 2.05) is 4.57 Å². The number of nitrogens with zero attached hydrogens (tertiary/aromatic N) is 2. The Morgan fingerprint density at radius 1 is 1.30 bits per heavy atom. The van der Waals surface area contributed by atoms with E-state index in [2.05, 4.69) is 10.3 Å². The van der Waals surface area contributed by atoms with Crippen molar-refractivity contribution in [3.63, 3.8) is 0 Å². The Balaban J connectivity index is 2.05. The number of aliphatic hydroxyl groups excluding tert-OH is 1. The highest BCUT2D eigenvalue weighted by molar-refractivity contribution is 5.62. The van der Waals surface area contributed by atoms with Crippen LogP contribution in [-0.4, -0.2) is 48.1 Å². The molecule has 2 aromatic rings. The van der Waals surface area contributed by atoms with Crippen LogP contribution < -0.4 is 14.8 Å². The lowest BCUT2D eigenvalue weighted by atomic mass is 10.0. The summed E-state index contributed by atoms with van der Waals surface area (Å²) in [6.07, 6.45) is 3.59. The lowest BCUT2D eigenvalue weighted by molar-refractivity contribution is 0.0880. The first-order valence-electron chi connectivity index (χ1n) is 7.49. The first-order chi connectivity index (χ1) is 11.2. The Bertz CT molecular complexity index is 689. The molecule has 6 nitrogen and oxygen atoms in total. The molecular weight excluding hydrogens is 301 g/mol. The third-order valence-electron chi connectivity index (χ3n) is 4.15. The van der Waals surface area contributed by atoms with Gasteiger partial charge in [0, 0.05) is 25.0 Å². The van der Waals surface area contributed by atoms with Crippen LogP contribution in [0.1, 0.15) is 12.5 Å². The minimum atomic E-state index is -0.542. The third kappa shape index (κ3) is 2.89. The van der Waals surface area contributed by atoms with Gasteiger partial charge in [-0.1, -0.05) is 0 Å². The summed E-state index contributed by atoms with van der Waals surface area (Å²) < 4.78 is 26.7. The molecule has 1 fully saturated rings. The molecule has 0 saturated carbocycles. The lowest BCUT2D eigenvalue weighted by Crippen LogP contribution is -2.41. The highest BCUT2D eigenvalue weighted by Crippen LogP contribution is 2.35. The van der Waals surface area contributed by atoms with E-state index in [0.717, 1.165) is 13.0 Å². The van der Waals surface area contributed by atoms with Crippen LogP contribution in [0.2, 0.25) is 0 Å². The zero-order valence-corrected chi connectivity index (χ0v) is 13.1. The fourth-order valence-corrected chi connectivity index (χ4v) is 2.97. The molecule has 0 spiro atoms. The topological polar surface area (TPSA) is 68.5 Å². The van der Waals surface area contributed by atoms with Crippen molar-refractivity contribution >= 4 is 0 Å². The molecule has 1 aliphatic rings. The van der Waals surface area contributed by atoms with Gasteiger partial charge in [0.2, 0.25) is 0 Å². The van der Waals surface area contributed by atoms with Gasteiger partial charge in [-0.15, -0.1) is 0 Å². The molecule has 7 heteroatoms. The van der Waals surface area contributed by atoms with Gasteiger partial charge in [0.1, 0.15) is 11.6 Å². The number of halogens is 1. The second-order valence-electron chi connectivity index (χ2n) is 5.47. The van der Waals surface area contributed by atoms with Crippen LogP contribution in [0.15, 0.2) is 24.5 Å². The van der Waals surface area contributed by atoms with Gasteiger partial charge in [-0.3, -0.25) is 0 Å². The highest BCUT2D eigenvalue weighted by atomic mass is 19.1. The Hall–Kier alpha value is -2.12. The highest BCUT2D eigenvalue weighted by Gasteiger charge is 2.27. The molecule has 2 heterocycles. The van der Waals surface area contributed by atoms with Gasteiger partial charge >= 0.3 is 0 Å². The first kappa shape index (κ1) is 15.8. The number of methoxy groups -OCH3 is 2. The molecule has 1 aliphatic heterocycles. The fourth-order valence-electron chi connectivity index (χ4n) is 2.97. The van der Waals surface area contributed by atoms with E-state index in [1.165, 1.54) is 20.3 Å². The van der Waals surface area contributed by atoms with Crippen molar-refractivity contribution in [2.45, 2.75) is 18.6 Å². The zero-order valence-electron chi connectivity index (χ0n) is 13.1. The molecule has 124 valence electrons. The van der Waals surface area contributed by atoms with Crippen molar-refractivity contribution in [3.05, 3.63) is 30.3 Å². The zero-order chi connectivity index (χ0) is 16.4. The smallest absolute Gasteiger partial charge is 0.163 e. The van der Waals surface area contributed by atoms with E-state index < -0.39 is 11.9 Å². The van der Waals surface area contributed by atoms with E-state index in [4.69, 9.17) is 9.47 Å². The Kier molecular flexibility index (Phi) is 4.49. The van der Waals surface area contributed by atoms with Gasteiger partial charge in [0.25, 0.3) is 0 Å². The minimum Gasteiger partial charge on any atom is -0.493 e. The molecule has 0 unspecified atom stereocenters. The normalized spacial score (nSPS) is 21.2. The molecule has 2 atom stereocenters. The van der Waals surface area contributed by atoms with E-state index >= 15 is 0 Å². The lowest BCUT2D eigenvalue weighted by Gasteiger charge is -2.30. The Labute approximate surface area is 133 Å². The number of piperidine rings is 1. The molecule has 0 amide bonds. The Morgan fingerprint density at radius 3 is 2.74 bits per heavy atom. The summed E-state index contributed by atoms with van der Waals surface area (Å²) in [4.78, 5) is 4.28. The van der Waals surface area contributed by atoms with Gasteiger partial charge in [0.15, 0.2) is 11.5 Å². The van der Waals surface area contributed by atoms with Crippen molar-refractivity contribution in [2.75, 3.05) is 27.3 Å². The maximum atomic E-state index is 14.5. The number of benzene rings is 1. The summed E-state index contributed by atoms with van der Waals surface area (Å²) in [5, 5.41) is 13.4. The number of β-amino-alcohol motifs (C(OH)–C–C–N with tert-alkyl or cyclic N) is 1. The van der Waals surface area contributed by atoms with E-state index in [9.17, 15) is 9.50 Å². The number of aromatic nitrogens is 2. The van der Waals surface area contributed by atoms with Crippen LogP contribution >= 0.6 is 0 Å². The van der Waals surface area contributed by atoms with E-state index in [1.54, 1.807) is 18.5 Å². The monoisotopic (exact) mass is 321 g/mol. The number of aliphatic hydroxyl groups is 1. The summed E-state index contributed by atoms with van der Waals surface area (Å²) in [7, 11) is 2.96. The maximum absolute atomic E-state index is 14.5. The van der Waals surface area contributed by atoms with Gasteiger partial charge in [-0.25, -0.2) is 9.37 Å². The molecule has 0 bridgehead atoms. The van der Waals surface area contributed by atoms with E-state index in [0.29, 0.717) is 29.4 Å². The van der Waals surface area contributed by atoms with Gasteiger partial charge in [0.05, 0.1) is 31.9 Å². The van der Waals surface area contributed by atoms with Crippen molar-refractivity contribution in [1.82, 2.24) is 14.9 Å². The van der Waals surface area contributed by atoms with Gasteiger partial charge < -0.3 is 24.5 Å².